The largest absolute Gasteiger partial charge is 0.257 e. The molecule has 0 unspecified atom stereocenters. The summed E-state index contributed by atoms with van der Waals surface area (Å²) in [6, 6.07) is 11.2. The van der Waals surface area contributed by atoms with Gasteiger partial charge in [-0.05, 0) is 65.7 Å². The second-order valence-electron chi connectivity index (χ2n) is 10.5. The molecule has 0 amide bonds. The van der Waals surface area contributed by atoms with Crippen molar-refractivity contribution in [2.24, 2.45) is 17.3 Å². The molecule has 2 rings (SSSR count). The van der Waals surface area contributed by atoms with Gasteiger partial charge in [-0.25, -0.2) is 0 Å². The number of hydrogen-bond donors (Lipinski definition) is 0. The summed E-state index contributed by atoms with van der Waals surface area (Å²) < 4.78 is 0. The number of rotatable bonds is 7. The third-order valence-corrected chi connectivity index (χ3v) is 5.08. The average Bonchev–Trinajstić information content (AvgIpc) is 2.58. The first-order chi connectivity index (χ1) is 13.5. The minimum atomic E-state index is 0.149. The molecular weight excluding hydrogens is 352 g/mol. The molecule has 0 aliphatic rings. The summed E-state index contributed by atoms with van der Waals surface area (Å²) in [6.45, 7) is 18.0. The van der Waals surface area contributed by atoms with Crippen LogP contribution in [0, 0.1) is 35.5 Å². The first-order valence-corrected chi connectivity index (χ1v) is 11.0. The maximum atomic E-state index is 9.65. The van der Waals surface area contributed by atoms with E-state index < -0.39 is 0 Å². The maximum absolute atomic E-state index is 9.65. The van der Waals surface area contributed by atoms with Crippen LogP contribution in [0.3, 0.4) is 0 Å². The topological polar surface area (TPSA) is 36.7 Å². The fourth-order valence-electron chi connectivity index (χ4n) is 3.94. The number of aryl methyl sites for hydroxylation is 1. The van der Waals surface area contributed by atoms with Gasteiger partial charge in [0, 0.05) is 11.4 Å². The molecule has 0 radical (unpaired) electrons. The van der Waals surface area contributed by atoms with E-state index >= 15 is 0 Å². The molecule has 0 saturated carbocycles. The SMILES string of the molecule is Cc1ccc(-c2c(CC#N)c(CC(C)C)nc(CC(C)C)c2CC(C)(C)C)cc1. The van der Waals surface area contributed by atoms with Crippen LogP contribution in [0.15, 0.2) is 24.3 Å². The number of nitrogens with zero attached hydrogens (tertiary/aromatic N) is 2. The summed E-state index contributed by atoms with van der Waals surface area (Å²) >= 11 is 0. The third-order valence-electron chi connectivity index (χ3n) is 5.08. The molecule has 0 aliphatic heterocycles. The minimum absolute atomic E-state index is 0.149. The van der Waals surface area contributed by atoms with Crippen LogP contribution in [-0.2, 0) is 25.7 Å². The van der Waals surface area contributed by atoms with Gasteiger partial charge in [0.25, 0.3) is 0 Å². The standard InChI is InChI=1S/C27H38N2/c1-18(2)15-24-22(13-14-28)26(21-11-9-20(5)10-12-21)23(17-27(6,7)8)25(29-24)16-19(3)4/h9-12,18-19H,13,15-17H2,1-8H3. The molecule has 29 heavy (non-hydrogen) atoms. The van der Waals surface area contributed by atoms with E-state index in [1.54, 1.807) is 0 Å². The number of pyridine rings is 1. The van der Waals surface area contributed by atoms with Crippen LogP contribution in [0.4, 0.5) is 0 Å². The monoisotopic (exact) mass is 390 g/mol. The summed E-state index contributed by atoms with van der Waals surface area (Å²) in [5, 5.41) is 9.65. The van der Waals surface area contributed by atoms with Crippen molar-refractivity contribution in [2.75, 3.05) is 0 Å². The van der Waals surface area contributed by atoms with E-state index in [2.05, 4.69) is 85.7 Å². The Hall–Kier alpha value is -2.14. The van der Waals surface area contributed by atoms with E-state index in [4.69, 9.17) is 4.98 Å². The zero-order valence-electron chi connectivity index (χ0n) is 19.7. The van der Waals surface area contributed by atoms with E-state index in [-0.39, 0.29) is 5.41 Å². The van der Waals surface area contributed by atoms with E-state index in [0.717, 1.165) is 30.5 Å². The van der Waals surface area contributed by atoms with Crippen molar-refractivity contribution in [2.45, 2.75) is 81.1 Å². The summed E-state index contributed by atoms with van der Waals surface area (Å²) in [5.74, 6) is 1.05. The molecule has 1 heterocycles. The lowest BCUT2D eigenvalue weighted by Crippen LogP contribution is -2.18. The van der Waals surface area contributed by atoms with E-state index in [0.29, 0.717) is 18.3 Å². The third kappa shape index (κ3) is 6.43. The molecule has 2 nitrogen and oxygen atoms in total. The zero-order valence-corrected chi connectivity index (χ0v) is 19.7. The smallest absolute Gasteiger partial charge is 0.0670 e. The Morgan fingerprint density at radius 1 is 0.897 bits per heavy atom. The highest BCUT2D eigenvalue weighted by atomic mass is 14.7. The van der Waals surface area contributed by atoms with E-state index in [1.165, 1.54) is 27.9 Å². The average molecular weight is 391 g/mol. The van der Waals surface area contributed by atoms with Gasteiger partial charge in [0.05, 0.1) is 12.5 Å². The van der Waals surface area contributed by atoms with Gasteiger partial charge in [0.2, 0.25) is 0 Å². The van der Waals surface area contributed by atoms with Crippen molar-refractivity contribution in [3.05, 3.63) is 52.3 Å². The molecule has 1 aromatic carbocycles. The fourth-order valence-corrected chi connectivity index (χ4v) is 3.94. The Balaban J connectivity index is 2.89. The first kappa shape index (κ1) is 23.1. The van der Waals surface area contributed by atoms with Crippen molar-refractivity contribution >= 4 is 0 Å². The van der Waals surface area contributed by atoms with Crippen LogP contribution in [0.2, 0.25) is 0 Å². The van der Waals surface area contributed by atoms with Gasteiger partial charge in [-0.2, -0.15) is 5.26 Å². The van der Waals surface area contributed by atoms with Crippen molar-refractivity contribution in [1.29, 1.82) is 5.26 Å². The molecule has 0 N–H and O–H groups in total. The van der Waals surface area contributed by atoms with Crippen LogP contribution in [-0.4, -0.2) is 4.98 Å². The molecule has 2 aromatic rings. The predicted molar refractivity (Wildman–Crippen MR) is 124 cm³/mol. The number of hydrogen-bond acceptors (Lipinski definition) is 2. The maximum Gasteiger partial charge on any atom is 0.0670 e. The lowest BCUT2D eigenvalue weighted by atomic mass is 9.80. The summed E-state index contributed by atoms with van der Waals surface area (Å²) in [7, 11) is 0. The highest BCUT2D eigenvalue weighted by Crippen LogP contribution is 2.37. The molecule has 0 atom stereocenters. The van der Waals surface area contributed by atoms with E-state index in [1.807, 2.05) is 0 Å². The molecule has 1 aromatic heterocycles. The Bertz CT molecular complexity index is 859. The van der Waals surface area contributed by atoms with Crippen LogP contribution in [0.1, 0.15) is 76.5 Å². The van der Waals surface area contributed by atoms with Gasteiger partial charge in [-0.15, -0.1) is 0 Å². The highest BCUT2D eigenvalue weighted by molar-refractivity contribution is 5.73. The van der Waals surface area contributed by atoms with Gasteiger partial charge >= 0.3 is 0 Å². The highest BCUT2D eigenvalue weighted by Gasteiger charge is 2.25. The number of nitriles is 1. The van der Waals surface area contributed by atoms with Crippen molar-refractivity contribution < 1.29 is 0 Å². The summed E-state index contributed by atoms with van der Waals surface area (Å²) in [4.78, 5) is 5.21. The molecule has 0 aliphatic carbocycles. The normalized spacial score (nSPS) is 11.9. The quantitative estimate of drug-likeness (QED) is 0.505. The Morgan fingerprint density at radius 2 is 1.41 bits per heavy atom. The minimum Gasteiger partial charge on any atom is -0.257 e. The molecule has 0 spiro atoms. The van der Waals surface area contributed by atoms with Crippen LogP contribution < -0.4 is 0 Å². The Labute approximate surface area is 178 Å². The first-order valence-electron chi connectivity index (χ1n) is 11.0. The second kappa shape index (κ2) is 9.57. The molecule has 0 bridgehead atoms. The Kier molecular flexibility index (Phi) is 7.64. The van der Waals surface area contributed by atoms with Crippen molar-refractivity contribution in [3.8, 4) is 17.2 Å². The van der Waals surface area contributed by atoms with Crippen LogP contribution in [0.25, 0.3) is 11.1 Å². The lowest BCUT2D eigenvalue weighted by Gasteiger charge is -2.27. The molecule has 156 valence electrons. The summed E-state index contributed by atoms with van der Waals surface area (Å²) in [5.41, 5.74) is 8.71. The van der Waals surface area contributed by atoms with Gasteiger partial charge < -0.3 is 0 Å². The van der Waals surface area contributed by atoms with Gasteiger partial charge in [0.15, 0.2) is 0 Å². The van der Waals surface area contributed by atoms with E-state index in [9.17, 15) is 5.26 Å². The van der Waals surface area contributed by atoms with Crippen LogP contribution >= 0.6 is 0 Å². The number of aromatic nitrogens is 1. The van der Waals surface area contributed by atoms with Gasteiger partial charge in [-0.3, -0.25) is 4.98 Å². The molecule has 0 saturated heterocycles. The molecular formula is C27H38N2. The number of benzene rings is 1. The molecule has 2 heteroatoms. The van der Waals surface area contributed by atoms with Crippen molar-refractivity contribution in [3.63, 3.8) is 0 Å². The fraction of sp³-hybridized carbons (Fsp3) is 0.556. The van der Waals surface area contributed by atoms with Gasteiger partial charge in [-0.1, -0.05) is 78.3 Å². The molecule has 0 fully saturated rings. The zero-order chi connectivity index (χ0) is 21.8. The van der Waals surface area contributed by atoms with Crippen LogP contribution in [0.5, 0.6) is 0 Å². The van der Waals surface area contributed by atoms with Gasteiger partial charge in [0.1, 0.15) is 0 Å². The van der Waals surface area contributed by atoms with Crippen molar-refractivity contribution in [1.82, 2.24) is 4.98 Å². The lowest BCUT2D eigenvalue weighted by molar-refractivity contribution is 0.408. The second-order valence-corrected chi connectivity index (χ2v) is 10.5. The Morgan fingerprint density at radius 3 is 1.86 bits per heavy atom. The predicted octanol–water partition coefficient (Wildman–Crippen LogP) is 7.11. The summed E-state index contributed by atoms with van der Waals surface area (Å²) in [6.07, 6.45) is 3.27.